The van der Waals surface area contributed by atoms with Crippen molar-refractivity contribution in [3.8, 4) is 11.5 Å². The summed E-state index contributed by atoms with van der Waals surface area (Å²) in [5.41, 5.74) is 2.14. The Morgan fingerprint density at radius 1 is 0.875 bits per heavy atom. The minimum atomic E-state index is -0.859. The molecule has 3 atom stereocenters. The third-order valence-electron chi connectivity index (χ3n) is 7.76. The van der Waals surface area contributed by atoms with Crippen LogP contribution < -0.4 is 9.47 Å². The van der Waals surface area contributed by atoms with Gasteiger partial charge in [0.2, 0.25) is 5.91 Å². The van der Waals surface area contributed by atoms with E-state index in [0.29, 0.717) is 22.6 Å². The number of benzene rings is 3. The quantitative estimate of drug-likeness (QED) is 0.334. The van der Waals surface area contributed by atoms with Crippen LogP contribution in [-0.2, 0) is 22.7 Å². The van der Waals surface area contributed by atoms with Gasteiger partial charge in [-0.3, -0.25) is 24.2 Å². The standard InChI is InChI=1S/C30H27N3O7/c1-38-20-13-12-19(24(14-20)39-2)15-31-25-23(33-27(34)21-10-6-7-11-22(21)28(33)35)16-32(26(25)29(31)36)30(37)40-17-18-8-4-3-5-9-18/h3-14,23,25-26H,15-17H2,1-2H3/t23-,25-,26+/m1/s1. The zero-order chi connectivity index (χ0) is 28.0. The average molecular weight is 542 g/mol. The lowest BCUT2D eigenvalue weighted by molar-refractivity contribution is -0.155. The zero-order valence-corrected chi connectivity index (χ0v) is 22.0. The fourth-order valence-electron chi connectivity index (χ4n) is 5.79. The summed E-state index contributed by atoms with van der Waals surface area (Å²) < 4.78 is 16.3. The molecule has 0 radical (unpaired) electrons. The van der Waals surface area contributed by atoms with Crippen molar-refractivity contribution < 1.29 is 33.4 Å². The summed E-state index contributed by atoms with van der Waals surface area (Å²) in [6.45, 7) is 0.183. The molecule has 2 fully saturated rings. The van der Waals surface area contributed by atoms with Crippen molar-refractivity contribution in [2.24, 2.45) is 0 Å². The van der Waals surface area contributed by atoms with Gasteiger partial charge < -0.3 is 19.1 Å². The van der Waals surface area contributed by atoms with Crippen molar-refractivity contribution in [3.63, 3.8) is 0 Å². The number of imide groups is 1. The van der Waals surface area contributed by atoms with E-state index in [9.17, 15) is 19.2 Å². The number of hydrogen-bond donors (Lipinski definition) is 0. The predicted octanol–water partition coefficient (Wildman–Crippen LogP) is 3.10. The third kappa shape index (κ3) is 4.03. The molecule has 0 saturated carbocycles. The number of ether oxygens (including phenoxy) is 3. The van der Waals surface area contributed by atoms with Gasteiger partial charge in [0, 0.05) is 24.7 Å². The lowest BCUT2D eigenvalue weighted by atomic mass is 9.91. The Kier molecular flexibility index (Phi) is 6.37. The molecule has 4 amide bonds. The Hall–Kier alpha value is -4.86. The number of fused-ring (bicyclic) bond motifs is 2. The zero-order valence-electron chi connectivity index (χ0n) is 22.0. The molecule has 3 aliphatic heterocycles. The molecule has 10 nitrogen and oxygen atoms in total. The number of likely N-dealkylation sites (tertiary alicyclic amines) is 2. The van der Waals surface area contributed by atoms with E-state index in [-0.39, 0.29) is 25.6 Å². The Morgan fingerprint density at radius 2 is 1.55 bits per heavy atom. The number of carbonyl (C=O) groups excluding carboxylic acids is 4. The summed E-state index contributed by atoms with van der Waals surface area (Å²) in [7, 11) is 3.08. The maximum Gasteiger partial charge on any atom is 0.410 e. The van der Waals surface area contributed by atoms with Crippen LogP contribution in [0.5, 0.6) is 11.5 Å². The highest BCUT2D eigenvalue weighted by atomic mass is 16.6. The van der Waals surface area contributed by atoms with E-state index in [0.717, 1.165) is 11.1 Å². The van der Waals surface area contributed by atoms with Gasteiger partial charge in [-0.05, 0) is 29.8 Å². The number of β-lactam (4-membered cyclic amide) rings is 1. The molecule has 0 bridgehead atoms. The molecule has 3 aromatic carbocycles. The fourth-order valence-corrected chi connectivity index (χ4v) is 5.79. The van der Waals surface area contributed by atoms with Crippen molar-refractivity contribution >= 4 is 23.8 Å². The first-order valence-corrected chi connectivity index (χ1v) is 12.9. The van der Waals surface area contributed by atoms with Gasteiger partial charge in [-0.1, -0.05) is 42.5 Å². The highest BCUT2D eigenvalue weighted by Gasteiger charge is 2.64. The minimum Gasteiger partial charge on any atom is -0.497 e. The summed E-state index contributed by atoms with van der Waals surface area (Å²) in [6.07, 6.45) is -0.673. The van der Waals surface area contributed by atoms with E-state index < -0.39 is 36.0 Å². The van der Waals surface area contributed by atoms with Crippen molar-refractivity contribution in [2.45, 2.75) is 31.3 Å². The molecular formula is C30H27N3O7. The minimum absolute atomic E-state index is 0.0174. The van der Waals surface area contributed by atoms with Crippen LogP contribution in [0.1, 0.15) is 31.8 Å². The molecule has 2 saturated heterocycles. The van der Waals surface area contributed by atoms with Gasteiger partial charge in [0.25, 0.3) is 11.8 Å². The van der Waals surface area contributed by atoms with Gasteiger partial charge in [-0.15, -0.1) is 0 Å². The van der Waals surface area contributed by atoms with Gasteiger partial charge in [0.15, 0.2) is 0 Å². The Bertz CT molecular complexity index is 1470. The second kappa shape index (κ2) is 10.0. The number of rotatable bonds is 7. The lowest BCUT2D eigenvalue weighted by Crippen LogP contribution is -2.70. The maximum absolute atomic E-state index is 13.5. The third-order valence-corrected chi connectivity index (χ3v) is 7.76. The van der Waals surface area contributed by atoms with Gasteiger partial charge in [0.05, 0.1) is 37.4 Å². The second-order valence-electron chi connectivity index (χ2n) is 9.87. The molecule has 3 aromatic rings. The number of nitrogens with zero attached hydrogens (tertiary/aromatic N) is 3. The van der Waals surface area contributed by atoms with Crippen LogP contribution >= 0.6 is 0 Å². The first-order valence-electron chi connectivity index (χ1n) is 12.9. The van der Waals surface area contributed by atoms with Crippen LogP contribution in [0.25, 0.3) is 0 Å². The number of carbonyl (C=O) groups is 4. The van der Waals surface area contributed by atoms with Gasteiger partial charge in [-0.25, -0.2) is 4.79 Å². The van der Waals surface area contributed by atoms with Crippen LogP contribution in [0.2, 0.25) is 0 Å². The van der Waals surface area contributed by atoms with E-state index in [4.69, 9.17) is 14.2 Å². The first kappa shape index (κ1) is 25.4. The monoisotopic (exact) mass is 541 g/mol. The highest BCUT2D eigenvalue weighted by Crippen LogP contribution is 2.41. The molecule has 0 aromatic heterocycles. The maximum atomic E-state index is 13.5. The van der Waals surface area contributed by atoms with E-state index in [2.05, 4.69) is 0 Å². The molecule has 3 aliphatic rings. The predicted molar refractivity (Wildman–Crippen MR) is 142 cm³/mol. The molecule has 40 heavy (non-hydrogen) atoms. The van der Waals surface area contributed by atoms with E-state index >= 15 is 0 Å². The molecule has 0 spiro atoms. The van der Waals surface area contributed by atoms with E-state index in [1.54, 1.807) is 54.5 Å². The van der Waals surface area contributed by atoms with E-state index in [1.165, 1.54) is 16.9 Å². The Balaban J connectivity index is 1.30. The van der Waals surface area contributed by atoms with Gasteiger partial charge in [0.1, 0.15) is 24.1 Å². The van der Waals surface area contributed by atoms with Crippen LogP contribution in [-0.4, -0.2) is 77.4 Å². The first-order chi connectivity index (χ1) is 19.4. The largest absolute Gasteiger partial charge is 0.497 e. The van der Waals surface area contributed by atoms with Gasteiger partial charge in [-0.2, -0.15) is 0 Å². The molecule has 204 valence electrons. The number of amides is 4. The highest BCUT2D eigenvalue weighted by molar-refractivity contribution is 6.21. The van der Waals surface area contributed by atoms with Crippen molar-refractivity contribution in [2.75, 3.05) is 20.8 Å². The summed E-state index contributed by atoms with van der Waals surface area (Å²) in [6, 6.07) is 18.9. The number of methoxy groups -OCH3 is 2. The van der Waals surface area contributed by atoms with Crippen LogP contribution in [0.4, 0.5) is 4.79 Å². The summed E-state index contributed by atoms with van der Waals surface area (Å²) in [4.78, 5) is 57.7. The van der Waals surface area contributed by atoms with Crippen molar-refractivity contribution in [1.29, 1.82) is 0 Å². The smallest absolute Gasteiger partial charge is 0.410 e. The topological polar surface area (TPSA) is 106 Å². The summed E-state index contributed by atoms with van der Waals surface area (Å²) in [5, 5.41) is 0. The van der Waals surface area contributed by atoms with Crippen molar-refractivity contribution in [3.05, 3.63) is 95.1 Å². The van der Waals surface area contributed by atoms with Crippen LogP contribution in [0, 0.1) is 0 Å². The second-order valence-corrected chi connectivity index (χ2v) is 9.87. The summed E-state index contributed by atoms with van der Waals surface area (Å²) in [5.74, 6) is -0.0375. The lowest BCUT2D eigenvalue weighted by Gasteiger charge is -2.47. The average Bonchev–Trinajstić information content (AvgIpc) is 3.47. The Morgan fingerprint density at radius 3 is 2.20 bits per heavy atom. The van der Waals surface area contributed by atoms with Crippen LogP contribution in [0.15, 0.2) is 72.8 Å². The van der Waals surface area contributed by atoms with Crippen LogP contribution in [0.3, 0.4) is 0 Å². The molecule has 0 N–H and O–H groups in total. The molecular weight excluding hydrogens is 514 g/mol. The Labute approximate surface area is 230 Å². The molecule has 10 heteroatoms. The van der Waals surface area contributed by atoms with E-state index in [1.807, 2.05) is 30.3 Å². The van der Waals surface area contributed by atoms with Crippen molar-refractivity contribution in [1.82, 2.24) is 14.7 Å². The number of hydrogen-bond acceptors (Lipinski definition) is 7. The fraction of sp³-hybridized carbons (Fsp3) is 0.267. The molecule has 6 rings (SSSR count). The normalized spacial score (nSPS) is 21.2. The molecule has 0 unspecified atom stereocenters. The molecule has 0 aliphatic carbocycles. The summed E-state index contributed by atoms with van der Waals surface area (Å²) >= 11 is 0. The molecule has 3 heterocycles. The SMILES string of the molecule is COc1ccc(CN2C(=O)[C@@H]3[C@H]2[C@H](N2C(=O)c4ccccc4C2=O)CN3C(=O)OCc2ccccc2)c(OC)c1. The van der Waals surface area contributed by atoms with Gasteiger partial charge >= 0.3 is 6.09 Å².